The molecule has 0 radical (unpaired) electrons. The lowest BCUT2D eigenvalue weighted by molar-refractivity contribution is 0.443. The van der Waals surface area contributed by atoms with Gasteiger partial charge in [-0.15, -0.1) is 0 Å². The van der Waals surface area contributed by atoms with E-state index in [4.69, 9.17) is 4.42 Å². The maximum absolute atomic E-state index is 13.4. The zero-order valence-corrected chi connectivity index (χ0v) is 8.93. The molecule has 1 aromatic heterocycles. The summed E-state index contributed by atoms with van der Waals surface area (Å²) >= 11 is 0. The molecular formula is C11H9F3N2O. The van der Waals surface area contributed by atoms with Crippen LogP contribution in [-0.2, 0) is 6.54 Å². The number of halogens is 3. The van der Waals surface area contributed by atoms with Gasteiger partial charge in [-0.25, -0.2) is 18.2 Å². The van der Waals surface area contributed by atoms with Crippen molar-refractivity contribution in [2.45, 2.75) is 6.54 Å². The Hall–Kier alpha value is -1.82. The van der Waals surface area contributed by atoms with E-state index in [9.17, 15) is 13.2 Å². The summed E-state index contributed by atoms with van der Waals surface area (Å²) in [4.78, 5) is 3.86. The van der Waals surface area contributed by atoms with Crippen LogP contribution in [0.5, 0.6) is 0 Å². The normalized spacial score (nSPS) is 10.8. The van der Waals surface area contributed by atoms with E-state index in [1.54, 1.807) is 7.05 Å². The summed E-state index contributed by atoms with van der Waals surface area (Å²) < 4.78 is 44.3. The molecule has 0 aliphatic heterocycles. The molecule has 2 aromatic rings. The van der Waals surface area contributed by atoms with E-state index in [1.807, 2.05) is 0 Å². The van der Waals surface area contributed by atoms with Crippen molar-refractivity contribution in [3.05, 3.63) is 41.7 Å². The number of benzene rings is 1. The van der Waals surface area contributed by atoms with Crippen LogP contribution in [0.4, 0.5) is 13.2 Å². The van der Waals surface area contributed by atoms with Crippen LogP contribution < -0.4 is 5.32 Å². The van der Waals surface area contributed by atoms with Gasteiger partial charge in [0.2, 0.25) is 5.89 Å². The van der Waals surface area contributed by atoms with Gasteiger partial charge in [0, 0.05) is 0 Å². The molecule has 0 spiro atoms. The minimum Gasteiger partial charge on any atom is -0.439 e. The second kappa shape index (κ2) is 4.58. The molecule has 0 saturated carbocycles. The van der Waals surface area contributed by atoms with E-state index >= 15 is 0 Å². The summed E-state index contributed by atoms with van der Waals surface area (Å²) in [6.07, 6.45) is 1.27. The van der Waals surface area contributed by atoms with E-state index in [-0.39, 0.29) is 11.3 Å². The summed E-state index contributed by atoms with van der Waals surface area (Å²) in [5.74, 6) is -3.63. The van der Waals surface area contributed by atoms with Crippen molar-refractivity contribution in [3.63, 3.8) is 0 Å². The largest absolute Gasteiger partial charge is 0.439 e. The van der Waals surface area contributed by atoms with Crippen molar-refractivity contribution in [1.29, 1.82) is 0 Å². The van der Waals surface area contributed by atoms with Crippen molar-refractivity contribution >= 4 is 0 Å². The molecule has 0 fully saturated rings. The highest BCUT2D eigenvalue weighted by Gasteiger charge is 2.17. The second-order valence-corrected chi connectivity index (χ2v) is 3.37. The highest BCUT2D eigenvalue weighted by molar-refractivity contribution is 5.57. The fourth-order valence-corrected chi connectivity index (χ4v) is 1.38. The zero-order valence-electron chi connectivity index (χ0n) is 8.93. The van der Waals surface area contributed by atoms with Crippen LogP contribution in [0.2, 0.25) is 0 Å². The molecule has 6 heteroatoms. The Labute approximate surface area is 95.3 Å². The van der Waals surface area contributed by atoms with Gasteiger partial charge in [0.15, 0.2) is 23.2 Å². The first-order valence-electron chi connectivity index (χ1n) is 4.86. The Balaban J connectivity index is 2.42. The van der Waals surface area contributed by atoms with E-state index in [0.29, 0.717) is 12.4 Å². The number of oxazole rings is 1. The molecule has 90 valence electrons. The Morgan fingerprint density at radius 3 is 2.71 bits per heavy atom. The zero-order chi connectivity index (χ0) is 12.4. The lowest BCUT2D eigenvalue weighted by Gasteiger charge is -2.00. The molecular weight excluding hydrogens is 233 g/mol. The fraction of sp³-hybridized carbons (Fsp3) is 0.182. The molecule has 3 nitrogen and oxygen atoms in total. The third-order valence-corrected chi connectivity index (χ3v) is 2.18. The molecule has 0 unspecified atom stereocenters. The standard InChI is InChI=1S/C11H9F3N2O/c1-15-5-9-16-4-8(17-9)6-2-3-7(12)11(14)10(6)13/h2-4,15H,5H2,1H3. The molecule has 0 amide bonds. The average molecular weight is 242 g/mol. The van der Waals surface area contributed by atoms with Gasteiger partial charge in [-0.2, -0.15) is 0 Å². The van der Waals surface area contributed by atoms with Crippen molar-refractivity contribution in [1.82, 2.24) is 10.3 Å². The average Bonchev–Trinajstić information content (AvgIpc) is 2.75. The van der Waals surface area contributed by atoms with Gasteiger partial charge in [-0.05, 0) is 19.2 Å². The molecule has 0 bridgehead atoms. The van der Waals surface area contributed by atoms with Crippen LogP contribution in [0.15, 0.2) is 22.7 Å². The molecule has 1 N–H and O–H groups in total. The smallest absolute Gasteiger partial charge is 0.208 e. The van der Waals surface area contributed by atoms with Gasteiger partial charge in [0.05, 0.1) is 18.3 Å². The third-order valence-electron chi connectivity index (χ3n) is 2.18. The topological polar surface area (TPSA) is 38.1 Å². The number of nitrogens with zero attached hydrogens (tertiary/aromatic N) is 1. The maximum atomic E-state index is 13.4. The van der Waals surface area contributed by atoms with Gasteiger partial charge in [0.1, 0.15) is 0 Å². The number of rotatable bonds is 3. The molecule has 2 rings (SSSR count). The predicted molar refractivity (Wildman–Crippen MR) is 54.6 cm³/mol. The van der Waals surface area contributed by atoms with Gasteiger partial charge in [0.25, 0.3) is 0 Å². The summed E-state index contributed by atoms with van der Waals surface area (Å²) in [6, 6.07) is 1.95. The van der Waals surface area contributed by atoms with Gasteiger partial charge in [-0.1, -0.05) is 0 Å². The maximum Gasteiger partial charge on any atom is 0.208 e. The van der Waals surface area contributed by atoms with Crippen molar-refractivity contribution in [2.75, 3.05) is 7.05 Å². The first-order chi connectivity index (χ1) is 8.13. The molecule has 17 heavy (non-hydrogen) atoms. The Morgan fingerprint density at radius 2 is 2.00 bits per heavy atom. The molecule has 0 aliphatic carbocycles. The number of nitrogens with one attached hydrogen (secondary N) is 1. The van der Waals surface area contributed by atoms with Crippen molar-refractivity contribution in [2.24, 2.45) is 0 Å². The summed E-state index contributed by atoms with van der Waals surface area (Å²) in [5, 5.41) is 2.80. The van der Waals surface area contributed by atoms with Gasteiger partial charge in [-0.3, -0.25) is 0 Å². The summed E-state index contributed by atoms with van der Waals surface area (Å²) in [5.41, 5.74) is -0.154. The van der Waals surface area contributed by atoms with Crippen LogP contribution in [0.1, 0.15) is 5.89 Å². The second-order valence-electron chi connectivity index (χ2n) is 3.37. The van der Waals surface area contributed by atoms with Crippen LogP contribution in [0.25, 0.3) is 11.3 Å². The first kappa shape index (κ1) is 11.7. The summed E-state index contributed by atoms with van der Waals surface area (Å²) in [7, 11) is 1.70. The van der Waals surface area contributed by atoms with Crippen LogP contribution >= 0.6 is 0 Å². The fourth-order valence-electron chi connectivity index (χ4n) is 1.38. The monoisotopic (exact) mass is 242 g/mol. The van der Waals surface area contributed by atoms with Crippen LogP contribution in [0.3, 0.4) is 0 Å². The Bertz CT molecular complexity index is 540. The lowest BCUT2D eigenvalue weighted by Crippen LogP contribution is -2.04. The molecule has 1 aromatic carbocycles. The lowest BCUT2D eigenvalue weighted by atomic mass is 10.1. The van der Waals surface area contributed by atoms with Gasteiger partial charge < -0.3 is 9.73 Å². The predicted octanol–water partition coefficient (Wildman–Crippen LogP) is 2.48. The third kappa shape index (κ3) is 2.16. The van der Waals surface area contributed by atoms with Crippen LogP contribution in [-0.4, -0.2) is 12.0 Å². The highest BCUT2D eigenvalue weighted by Crippen LogP contribution is 2.26. The van der Waals surface area contributed by atoms with E-state index in [0.717, 1.165) is 12.1 Å². The number of hydrogen-bond acceptors (Lipinski definition) is 3. The van der Waals surface area contributed by atoms with Gasteiger partial charge >= 0.3 is 0 Å². The SMILES string of the molecule is CNCc1ncc(-c2ccc(F)c(F)c2F)o1. The molecule has 0 aliphatic rings. The number of hydrogen-bond donors (Lipinski definition) is 1. The molecule has 1 heterocycles. The van der Waals surface area contributed by atoms with Crippen molar-refractivity contribution in [3.8, 4) is 11.3 Å². The molecule has 0 atom stereocenters. The van der Waals surface area contributed by atoms with E-state index < -0.39 is 17.5 Å². The first-order valence-corrected chi connectivity index (χ1v) is 4.86. The highest BCUT2D eigenvalue weighted by atomic mass is 19.2. The Kier molecular flexibility index (Phi) is 3.14. The van der Waals surface area contributed by atoms with E-state index in [1.165, 1.54) is 6.20 Å². The van der Waals surface area contributed by atoms with Crippen molar-refractivity contribution < 1.29 is 17.6 Å². The minimum absolute atomic E-state index is 0.0617. The summed E-state index contributed by atoms with van der Waals surface area (Å²) in [6.45, 7) is 0.366. The quantitative estimate of drug-likeness (QED) is 0.840. The van der Waals surface area contributed by atoms with Crippen LogP contribution in [0, 0.1) is 17.5 Å². The number of aromatic nitrogens is 1. The Morgan fingerprint density at radius 1 is 1.24 bits per heavy atom. The molecule has 0 saturated heterocycles. The minimum atomic E-state index is -1.52. The van der Waals surface area contributed by atoms with E-state index in [2.05, 4.69) is 10.3 Å².